The molecule has 160 valence electrons. The molecule has 1 fully saturated rings. The molecule has 6 heteroatoms. The third-order valence-corrected chi connectivity index (χ3v) is 6.63. The summed E-state index contributed by atoms with van der Waals surface area (Å²) >= 11 is 0. The molecule has 3 atom stereocenters. The van der Waals surface area contributed by atoms with E-state index in [0.29, 0.717) is 12.1 Å². The molecular formula is C24H30N2O4. The zero-order valence-electron chi connectivity index (χ0n) is 18.6. The van der Waals surface area contributed by atoms with Crippen molar-refractivity contribution in [3.8, 4) is 11.3 Å². The lowest BCUT2D eigenvalue weighted by atomic mass is 9.86. The summed E-state index contributed by atoms with van der Waals surface area (Å²) in [7, 11) is 0. The van der Waals surface area contributed by atoms with Gasteiger partial charge in [0.05, 0.1) is 17.6 Å². The Kier molecular flexibility index (Phi) is 5.32. The largest absolute Gasteiger partial charge is 0.437 e. The number of fused-ring (bicyclic) bond motifs is 1. The average molecular weight is 411 g/mol. The lowest BCUT2D eigenvalue weighted by molar-refractivity contribution is -0.00984. The number of rotatable bonds is 4. The normalized spacial score (nSPS) is 21.6. The summed E-state index contributed by atoms with van der Waals surface area (Å²) in [4.78, 5) is 16.7. The van der Waals surface area contributed by atoms with Gasteiger partial charge in [-0.25, -0.2) is 4.79 Å². The second-order valence-electron chi connectivity index (χ2n) is 8.50. The second kappa shape index (κ2) is 7.67. The Bertz CT molecular complexity index is 1140. The van der Waals surface area contributed by atoms with E-state index in [1.165, 1.54) is 32.4 Å². The first-order valence-electron chi connectivity index (χ1n) is 10.7. The van der Waals surface area contributed by atoms with Gasteiger partial charge < -0.3 is 14.3 Å². The van der Waals surface area contributed by atoms with Crippen molar-refractivity contribution in [3.63, 3.8) is 0 Å². The maximum absolute atomic E-state index is 12.6. The number of ether oxygens (including phenoxy) is 1. The standard InChI is InChI=1S/C24H30N2O4/c1-7-8-18-12(2)14(4)22(15(5)13(18)3)20-9-17-11-26(24(28)25-23(17)30-20)21-10-19(27)16(6)29-21/h9,11,16,19,21,27H,7-8,10H2,1-6H3. The molecule has 0 bridgehead atoms. The smallest absolute Gasteiger partial charge is 0.353 e. The number of furan rings is 1. The first-order valence-corrected chi connectivity index (χ1v) is 10.7. The first kappa shape index (κ1) is 20.8. The zero-order valence-corrected chi connectivity index (χ0v) is 18.6. The van der Waals surface area contributed by atoms with Crippen LogP contribution in [-0.4, -0.2) is 26.9 Å². The van der Waals surface area contributed by atoms with Crippen molar-refractivity contribution in [2.75, 3.05) is 0 Å². The van der Waals surface area contributed by atoms with Crippen LogP contribution >= 0.6 is 0 Å². The van der Waals surface area contributed by atoms with Crippen LogP contribution in [0.5, 0.6) is 0 Å². The van der Waals surface area contributed by atoms with E-state index in [-0.39, 0.29) is 6.10 Å². The van der Waals surface area contributed by atoms with Crippen molar-refractivity contribution in [1.82, 2.24) is 9.55 Å². The number of aliphatic hydroxyl groups is 1. The Morgan fingerprint density at radius 3 is 2.40 bits per heavy atom. The molecule has 0 amide bonds. The molecule has 30 heavy (non-hydrogen) atoms. The van der Waals surface area contributed by atoms with Crippen LogP contribution in [0.15, 0.2) is 21.5 Å². The number of nitrogens with zero attached hydrogens (tertiary/aromatic N) is 2. The van der Waals surface area contributed by atoms with Crippen molar-refractivity contribution in [3.05, 3.63) is 50.6 Å². The summed E-state index contributed by atoms with van der Waals surface area (Å²) in [6.45, 7) is 12.6. The fourth-order valence-electron chi connectivity index (χ4n) is 4.61. The monoisotopic (exact) mass is 410 g/mol. The third kappa shape index (κ3) is 3.28. The van der Waals surface area contributed by atoms with Crippen molar-refractivity contribution in [2.24, 2.45) is 0 Å². The van der Waals surface area contributed by atoms with E-state index in [9.17, 15) is 9.90 Å². The van der Waals surface area contributed by atoms with Gasteiger partial charge in [-0.05, 0) is 74.9 Å². The van der Waals surface area contributed by atoms with Crippen LogP contribution < -0.4 is 5.69 Å². The van der Waals surface area contributed by atoms with E-state index < -0.39 is 18.0 Å². The van der Waals surface area contributed by atoms with Crippen LogP contribution in [0, 0.1) is 27.7 Å². The van der Waals surface area contributed by atoms with Gasteiger partial charge in [0.1, 0.15) is 12.0 Å². The highest BCUT2D eigenvalue weighted by Gasteiger charge is 2.32. The molecule has 1 aromatic carbocycles. The summed E-state index contributed by atoms with van der Waals surface area (Å²) in [6, 6.07) is 1.95. The Morgan fingerprint density at radius 2 is 1.83 bits per heavy atom. The number of aromatic nitrogens is 2. The minimum absolute atomic E-state index is 0.310. The zero-order chi connectivity index (χ0) is 21.7. The Hall–Kier alpha value is -2.44. The molecule has 3 unspecified atom stereocenters. The second-order valence-corrected chi connectivity index (χ2v) is 8.50. The van der Waals surface area contributed by atoms with Gasteiger partial charge in [-0.1, -0.05) is 13.3 Å². The summed E-state index contributed by atoms with van der Waals surface area (Å²) in [5.74, 6) is 0.722. The minimum atomic E-state index is -0.588. The van der Waals surface area contributed by atoms with Gasteiger partial charge in [0.25, 0.3) is 0 Å². The Balaban J connectivity index is 1.83. The van der Waals surface area contributed by atoms with E-state index in [2.05, 4.69) is 39.6 Å². The van der Waals surface area contributed by atoms with Crippen LogP contribution in [0.4, 0.5) is 0 Å². The van der Waals surface area contributed by atoms with Crippen molar-refractivity contribution in [2.45, 2.75) is 79.2 Å². The number of hydrogen-bond donors (Lipinski definition) is 1. The molecular weight excluding hydrogens is 380 g/mol. The molecule has 4 rings (SSSR count). The van der Waals surface area contributed by atoms with Gasteiger partial charge in [0.2, 0.25) is 5.71 Å². The Labute approximate surface area is 176 Å². The van der Waals surface area contributed by atoms with E-state index in [0.717, 1.165) is 29.6 Å². The highest BCUT2D eigenvalue weighted by Crippen LogP contribution is 2.37. The van der Waals surface area contributed by atoms with Crippen LogP contribution in [0.25, 0.3) is 22.4 Å². The highest BCUT2D eigenvalue weighted by atomic mass is 16.5. The molecule has 1 N–H and O–H groups in total. The fourth-order valence-corrected chi connectivity index (χ4v) is 4.61. The maximum Gasteiger partial charge on any atom is 0.353 e. The predicted molar refractivity (Wildman–Crippen MR) is 117 cm³/mol. The van der Waals surface area contributed by atoms with Crippen LogP contribution in [0.3, 0.4) is 0 Å². The summed E-state index contributed by atoms with van der Waals surface area (Å²) in [5.41, 5.74) is 7.37. The number of hydrogen-bond acceptors (Lipinski definition) is 5. The molecule has 3 aromatic rings. The lowest BCUT2D eigenvalue weighted by Crippen LogP contribution is -2.26. The Morgan fingerprint density at radius 1 is 1.17 bits per heavy atom. The predicted octanol–water partition coefficient (Wildman–Crippen LogP) is 4.51. The molecule has 0 spiro atoms. The van der Waals surface area contributed by atoms with Crippen molar-refractivity contribution >= 4 is 11.1 Å². The third-order valence-electron chi connectivity index (χ3n) is 6.63. The molecule has 0 aliphatic carbocycles. The molecule has 0 radical (unpaired) electrons. The van der Waals surface area contributed by atoms with Gasteiger partial charge >= 0.3 is 5.69 Å². The molecule has 2 aromatic heterocycles. The van der Waals surface area contributed by atoms with Gasteiger partial charge in [0, 0.05) is 18.2 Å². The average Bonchev–Trinajstić information content (AvgIpc) is 3.25. The molecule has 0 saturated carbocycles. The van der Waals surface area contributed by atoms with E-state index in [1.807, 2.05) is 6.07 Å². The number of benzene rings is 1. The lowest BCUT2D eigenvalue weighted by Gasteiger charge is -2.19. The maximum atomic E-state index is 12.6. The summed E-state index contributed by atoms with van der Waals surface area (Å²) < 4.78 is 13.2. The van der Waals surface area contributed by atoms with Gasteiger partial charge in [-0.3, -0.25) is 4.57 Å². The summed E-state index contributed by atoms with van der Waals surface area (Å²) in [5, 5.41) is 10.7. The number of aliphatic hydroxyl groups excluding tert-OH is 1. The molecule has 1 aliphatic rings. The first-order chi connectivity index (χ1) is 14.2. The van der Waals surface area contributed by atoms with Crippen molar-refractivity contribution < 1.29 is 14.3 Å². The van der Waals surface area contributed by atoms with E-state index >= 15 is 0 Å². The highest BCUT2D eigenvalue weighted by molar-refractivity contribution is 5.82. The van der Waals surface area contributed by atoms with Gasteiger partial charge in [0.15, 0.2) is 0 Å². The summed E-state index contributed by atoms with van der Waals surface area (Å²) in [6.07, 6.45) is 2.85. The topological polar surface area (TPSA) is 77.5 Å². The van der Waals surface area contributed by atoms with Gasteiger partial charge in [-0.2, -0.15) is 4.98 Å². The molecule has 1 aliphatic heterocycles. The molecule has 6 nitrogen and oxygen atoms in total. The van der Waals surface area contributed by atoms with Crippen LogP contribution in [0.2, 0.25) is 0 Å². The van der Waals surface area contributed by atoms with Gasteiger partial charge in [-0.15, -0.1) is 0 Å². The van der Waals surface area contributed by atoms with Crippen LogP contribution in [-0.2, 0) is 11.2 Å². The SMILES string of the molecule is CCCc1c(C)c(C)c(-c2cc3cn(C4CC(O)C(C)O4)c(=O)nc3o2)c(C)c1C. The van der Waals surface area contributed by atoms with Crippen LogP contribution in [0.1, 0.15) is 60.7 Å². The van der Waals surface area contributed by atoms with E-state index in [4.69, 9.17) is 9.15 Å². The quantitative estimate of drug-likeness (QED) is 0.685. The fraction of sp³-hybridized carbons (Fsp3) is 0.500. The van der Waals surface area contributed by atoms with E-state index in [1.54, 1.807) is 13.1 Å². The molecule has 3 heterocycles. The minimum Gasteiger partial charge on any atom is -0.437 e. The molecule has 1 saturated heterocycles. The van der Waals surface area contributed by atoms with Crippen molar-refractivity contribution in [1.29, 1.82) is 0 Å².